The Morgan fingerprint density at radius 3 is 2.40 bits per heavy atom. The van der Waals surface area contributed by atoms with E-state index in [9.17, 15) is 19.7 Å². The van der Waals surface area contributed by atoms with Crippen molar-refractivity contribution in [3.8, 4) is 17.2 Å². The third kappa shape index (κ3) is 4.12. The number of methoxy groups -OCH3 is 3. The first-order valence-corrected chi connectivity index (χ1v) is 9.03. The maximum absolute atomic E-state index is 12.7. The van der Waals surface area contributed by atoms with E-state index in [4.69, 9.17) is 14.2 Å². The molecule has 1 heterocycles. The molecule has 2 aromatic carbocycles. The summed E-state index contributed by atoms with van der Waals surface area (Å²) in [7, 11) is 4.39. The summed E-state index contributed by atoms with van der Waals surface area (Å²) in [5, 5.41) is 13.9. The number of anilines is 2. The van der Waals surface area contributed by atoms with Crippen LogP contribution in [0.2, 0.25) is 0 Å². The molecule has 1 fully saturated rings. The van der Waals surface area contributed by atoms with E-state index in [0.717, 1.165) is 0 Å². The van der Waals surface area contributed by atoms with Crippen LogP contribution >= 0.6 is 0 Å². The number of hydrogen-bond acceptors (Lipinski definition) is 7. The molecule has 0 aliphatic carbocycles. The predicted octanol–water partition coefficient (Wildman–Crippen LogP) is 2.61. The maximum Gasteiger partial charge on any atom is 0.296 e. The number of carbonyl (C=O) groups excluding carboxylic acids is 2. The summed E-state index contributed by atoms with van der Waals surface area (Å²) < 4.78 is 15.5. The van der Waals surface area contributed by atoms with E-state index >= 15 is 0 Å². The Balaban J connectivity index is 1.81. The van der Waals surface area contributed by atoms with Crippen LogP contribution in [-0.4, -0.2) is 44.6 Å². The van der Waals surface area contributed by atoms with Gasteiger partial charge >= 0.3 is 0 Å². The molecule has 158 valence electrons. The molecular weight excluding hydrogens is 394 g/mol. The van der Waals surface area contributed by atoms with Crippen molar-refractivity contribution in [2.24, 2.45) is 5.92 Å². The Kier molecular flexibility index (Phi) is 6.05. The minimum atomic E-state index is -0.685. The van der Waals surface area contributed by atoms with Crippen LogP contribution in [0.5, 0.6) is 17.2 Å². The molecule has 0 unspecified atom stereocenters. The van der Waals surface area contributed by atoms with Gasteiger partial charge in [-0.2, -0.15) is 0 Å². The van der Waals surface area contributed by atoms with Crippen molar-refractivity contribution in [1.29, 1.82) is 0 Å². The Bertz CT molecular complexity index is 992. The summed E-state index contributed by atoms with van der Waals surface area (Å²) >= 11 is 0. The standard InChI is InChI=1S/C20H21N3O7/c1-28-13-4-6-15(16(9-13)23(26)27)21-20(25)12-8-19(24)22(11-12)17-10-14(29-2)5-7-18(17)30-3/h4-7,9-10,12H,8,11H2,1-3H3,(H,21,25)/t12-/m1/s1. The van der Waals surface area contributed by atoms with Gasteiger partial charge in [0.05, 0.1) is 43.9 Å². The Morgan fingerprint density at radius 2 is 1.77 bits per heavy atom. The molecule has 0 radical (unpaired) electrons. The second-order valence-electron chi connectivity index (χ2n) is 6.57. The summed E-state index contributed by atoms with van der Waals surface area (Å²) in [6.45, 7) is 0.109. The molecule has 0 bridgehead atoms. The molecule has 10 nitrogen and oxygen atoms in total. The van der Waals surface area contributed by atoms with Gasteiger partial charge in [0, 0.05) is 19.0 Å². The number of carbonyl (C=O) groups is 2. The molecule has 1 atom stereocenters. The molecular formula is C20H21N3O7. The second-order valence-corrected chi connectivity index (χ2v) is 6.57. The van der Waals surface area contributed by atoms with E-state index in [1.165, 1.54) is 44.4 Å². The van der Waals surface area contributed by atoms with Crippen LogP contribution in [0.4, 0.5) is 17.1 Å². The summed E-state index contributed by atoms with van der Waals surface area (Å²) in [5.74, 6) is -0.120. The van der Waals surface area contributed by atoms with Gasteiger partial charge in [-0.25, -0.2) is 0 Å². The van der Waals surface area contributed by atoms with E-state index in [-0.39, 0.29) is 30.2 Å². The van der Waals surface area contributed by atoms with Gasteiger partial charge < -0.3 is 24.4 Å². The van der Waals surface area contributed by atoms with Gasteiger partial charge in [-0.15, -0.1) is 0 Å². The fraction of sp³-hybridized carbons (Fsp3) is 0.300. The first-order chi connectivity index (χ1) is 14.4. The topological polar surface area (TPSA) is 120 Å². The highest BCUT2D eigenvalue weighted by Gasteiger charge is 2.37. The van der Waals surface area contributed by atoms with Crippen LogP contribution in [0.3, 0.4) is 0 Å². The number of rotatable bonds is 7. The predicted molar refractivity (Wildman–Crippen MR) is 108 cm³/mol. The van der Waals surface area contributed by atoms with Crippen molar-refractivity contribution >= 4 is 28.9 Å². The normalized spacial score (nSPS) is 15.6. The Morgan fingerprint density at radius 1 is 1.10 bits per heavy atom. The van der Waals surface area contributed by atoms with Gasteiger partial charge in [0.15, 0.2) is 0 Å². The van der Waals surface area contributed by atoms with Crippen molar-refractivity contribution < 1.29 is 28.7 Å². The molecule has 0 saturated carbocycles. The lowest BCUT2D eigenvalue weighted by Crippen LogP contribution is -2.28. The third-order valence-corrected chi connectivity index (χ3v) is 4.83. The van der Waals surface area contributed by atoms with Gasteiger partial charge in [0.1, 0.15) is 22.9 Å². The van der Waals surface area contributed by atoms with E-state index in [0.29, 0.717) is 22.9 Å². The number of amides is 2. The molecule has 2 amide bonds. The van der Waals surface area contributed by atoms with Gasteiger partial charge in [0.2, 0.25) is 11.8 Å². The molecule has 2 aromatic rings. The number of nitro benzene ring substituents is 1. The van der Waals surface area contributed by atoms with Crippen LogP contribution in [0.1, 0.15) is 6.42 Å². The molecule has 1 saturated heterocycles. The molecule has 1 N–H and O–H groups in total. The largest absolute Gasteiger partial charge is 0.497 e. The number of nitrogens with one attached hydrogen (secondary N) is 1. The molecule has 3 rings (SSSR count). The molecule has 0 aromatic heterocycles. The van der Waals surface area contributed by atoms with Crippen molar-refractivity contribution in [2.45, 2.75) is 6.42 Å². The van der Waals surface area contributed by atoms with Crippen LogP contribution in [-0.2, 0) is 9.59 Å². The average molecular weight is 415 g/mol. The Labute approximate surface area is 172 Å². The number of ether oxygens (including phenoxy) is 3. The lowest BCUT2D eigenvalue weighted by Gasteiger charge is -2.20. The third-order valence-electron chi connectivity index (χ3n) is 4.83. The number of nitrogens with zero attached hydrogens (tertiary/aromatic N) is 2. The molecule has 30 heavy (non-hydrogen) atoms. The van der Waals surface area contributed by atoms with E-state index in [1.807, 2.05) is 0 Å². The van der Waals surface area contributed by atoms with E-state index in [2.05, 4.69) is 5.32 Å². The lowest BCUT2D eigenvalue weighted by molar-refractivity contribution is -0.384. The van der Waals surface area contributed by atoms with Gasteiger partial charge in [-0.3, -0.25) is 19.7 Å². The maximum atomic E-state index is 12.7. The summed E-state index contributed by atoms with van der Waals surface area (Å²) in [5.41, 5.74) is 0.238. The van der Waals surface area contributed by atoms with Crippen LogP contribution in [0.25, 0.3) is 0 Å². The van der Waals surface area contributed by atoms with Crippen molar-refractivity contribution in [2.75, 3.05) is 38.1 Å². The van der Waals surface area contributed by atoms with E-state index in [1.54, 1.807) is 18.2 Å². The minimum absolute atomic E-state index is 0.0316. The molecule has 1 aliphatic rings. The van der Waals surface area contributed by atoms with Gasteiger partial charge in [-0.1, -0.05) is 0 Å². The Hall–Kier alpha value is -3.82. The monoisotopic (exact) mass is 415 g/mol. The lowest BCUT2D eigenvalue weighted by atomic mass is 10.1. The number of benzene rings is 2. The number of hydrogen-bond donors (Lipinski definition) is 1. The van der Waals surface area contributed by atoms with Crippen LogP contribution in [0.15, 0.2) is 36.4 Å². The van der Waals surface area contributed by atoms with Crippen molar-refractivity contribution in [1.82, 2.24) is 0 Å². The number of nitro groups is 1. The molecule has 1 aliphatic heterocycles. The fourth-order valence-corrected chi connectivity index (χ4v) is 3.25. The van der Waals surface area contributed by atoms with Crippen LogP contribution < -0.4 is 24.4 Å². The molecule has 0 spiro atoms. The van der Waals surface area contributed by atoms with E-state index < -0.39 is 16.7 Å². The summed E-state index contributed by atoms with van der Waals surface area (Å²) in [4.78, 5) is 37.5. The zero-order valence-corrected chi connectivity index (χ0v) is 16.7. The highest BCUT2D eigenvalue weighted by molar-refractivity contribution is 6.04. The van der Waals surface area contributed by atoms with Gasteiger partial charge in [-0.05, 0) is 24.3 Å². The zero-order valence-electron chi connectivity index (χ0n) is 16.7. The van der Waals surface area contributed by atoms with Crippen molar-refractivity contribution in [3.63, 3.8) is 0 Å². The molecule has 10 heteroatoms. The fourth-order valence-electron chi connectivity index (χ4n) is 3.25. The average Bonchev–Trinajstić information content (AvgIpc) is 3.14. The second kappa shape index (κ2) is 8.68. The van der Waals surface area contributed by atoms with Gasteiger partial charge in [0.25, 0.3) is 5.69 Å². The smallest absolute Gasteiger partial charge is 0.296 e. The quantitative estimate of drug-likeness (QED) is 0.545. The minimum Gasteiger partial charge on any atom is -0.497 e. The first-order valence-electron chi connectivity index (χ1n) is 9.03. The summed E-state index contributed by atoms with van der Waals surface area (Å²) in [6, 6.07) is 9.17. The summed E-state index contributed by atoms with van der Waals surface area (Å²) in [6.07, 6.45) is -0.0316. The first kappa shape index (κ1) is 20.9. The van der Waals surface area contributed by atoms with Crippen molar-refractivity contribution in [3.05, 3.63) is 46.5 Å². The van der Waals surface area contributed by atoms with Crippen LogP contribution in [0, 0.1) is 16.0 Å². The highest BCUT2D eigenvalue weighted by Crippen LogP contribution is 2.36. The SMILES string of the molecule is COc1ccc(OC)c(N2C[C@H](C(=O)Nc3ccc(OC)cc3[N+](=O)[O-])CC2=O)c1. The highest BCUT2D eigenvalue weighted by atomic mass is 16.6. The zero-order chi connectivity index (χ0) is 21.8.